The van der Waals surface area contributed by atoms with Gasteiger partial charge in [-0.15, -0.1) is 0 Å². The van der Waals surface area contributed by atoms with Gasteiger partial charge in [-0.05, 0) is 36.2 Å². The number of halogens is 4. The minimum Gasteiger partial charge on any atom is -1.00 e. The summed E-state index contributed by atoms with van der Waals surface area (Å²) in [5.41, 5.74) is 6.27. The van der Waals surface area contributed by atoms with Crippen molar-refractivity contribution >= 4 is 34.0 Å². The molecule has 1 aromatic heterocycles. The third kappa shape index (κ3) is 4.78. The fraction of sp³-hybridized carbons (Fsp3) is 0.207. The molecule has 4 aromatic rings. The number of hydrogen-bond acceptors (Lipinski definition) is 0. The number of unbranched alkanes of at least 4 members (excludes halogenated alkanes) is 2. The van der Waals surface area contributed by atoms with Gasteiger partial charge < -0.3 is 17.4 Å². The number of aromatic nitrogens is 1. The molecule has 1 aliphatic heterocycles. The minimum absolute atomic E-state index is 0. The molecule has 6 heteroatoms. The number of nitrogens with one attached hydrogen (secondary N) is 1. The van der Waals surface area contributed by atoms with Crippen LogP contribution in [0, 0.1) is 0 Å². The molecular weight excluding hydrogens is 469 g/mol. The Balaban J connectivity index is 0.00000289. The van der Waals surface area contributed by atoms with Crippen LogP contribution in [0.25, 0.3) is 22.0 Å². The lowest BCUT2D eigenvalue weighted by atomic mass is 9.89. The molecule has 0 radical (unpaired) electrons. The molecule has 0 fully saturated rings. The summed E-state index contributed by atoms with van der Waals surface area (Å²) in [6, 6.07) is 21.8. The first-order valence-electron chi connectivity index (χ1n) is 11.7. The van der Waals surface area contributed by atoms with Crippen molar-refractivity contribution in [2.45, 2.75) is 32.4 Å². The molecule has 180 valence electrons. The van der Waals surface area contributed by atoms with Crippen molar-refractivity contribution in [1.82, 2.24) is 4.98 Å². The molecule has 0 spiro atoms. The van der Waals surface area contributed by atoms with Crippen LogP contribution in [0.3, 0.4) is 0 Å². The van der Waals surface area contributed by atoms with Crippen LogP contribution in [0.1, 0.15) is 48.4 Å². The van der Waals surface area contributed by atoms with Crippen molar-refractivity contribution in [3.05, 3.63) is 101 Å². The zero-order chi connectivity index (χ0) is 23.7. The lowest BCUT2D eigenvalue weighted by Gasteiger charge is -2.12. The number of para-hydroxylation sites is 2. The first kappa shape index (κ1) is 24.8. The fourth-order valence-electron chi connectivity index (χ4n) is 4.72. The first-order chi connectivity index (χ1) is 16.5. The molecule has 0 atom stereocenters. The number of fused-ring (bicyclic) bond motifs is 2. The topological polar surface area (TPSA) is 18.8 Å². The molecule has 2 nitrogen and oxygen atoms in total. The number of benzene rings is 3. The second-order valence-corrected chi connectivity index (χ2v) is 8.66. The van der Waals surface area contributed by atoms with Gasteiger partial charge in [-0.1, -0.05) is 55.8 Å². The Bertz CT molecular complexity index is 1400. The van der Waals surface area contributed by atoms with Crippen LogP contribution in [-0.2, 0) is 6.18 Å². The maximum atomic E-state index is 13.3. The molecule has 0 saturated carbocycles. The molecule has 0 saturated heterocycles. The number of H-pyrrole nitrogens is 1. The van der Waals surface area contributed by atoms with Crippen molar-refractivity contribution in [2.24, 2.45) is 0 Å². The molecule has 1 aliphatic rings. The summed E-state index contributed by atoms with van der Waals surface area (Å²) in [5.74, 6) is 0. The summed E-state index contributed by atoms with van der Waals surface area (Å²) in [7, 11) is 0. The molecule has 5 rings (SSSR count). The summed E-state index contributed by atoms with van der Waals surface area (Å²) in [5, 5.41) is 1.04. The summed E-state index contributed by atoms with van der Waals surface area (Å²) >= 11 is 0. The predicted molar refractivity (Wildman–Crippen MR) is 132 cm³/mol. The van der Waals surface area contributed by atoms with E-state index in [9.17, 15) is 13.2 Å². The third-order valence-electron chi connectivity index (χ3n) is 6.42. The second kappa shape index (κ2) is 10.1. The maximum absolute atomic E-state index is 13.3. The van der Waals surface area contributed by atoms with Crippen molar-refractivity contribution in [2.75, 3.05) is 6.54 Å². The SMILES string of the molecule is CCCCC[N+]1=C/C(=C(/c2ccc(C(F)(F)F)cc2)c2c[nH]c3ccccc23)c2ccccc21.[Cl-]. The van der Waals surface area contributed by atoms with Gasteiger partial charge in [-0.25, -0.2) is 0 Å². The smallest absolute Gasteiger partial charge is 0.416 e. The Kier molecular flexibility index (Phi) is 7.18. The number of rotatable bonds is 6. The molecule has 1 N–H and O–H groups in total. The number of nitrogens with zero attached hydrogens (tertiary/aromatic N) is 1. The van der Waals surface area contributed by atoms with Crippen LogP contribution in [-0.4, -0.2) is 22.3 Å². The van der Waals surface area contributed by atoms with Crippen LogP contribution in [0.2, 0.25) is 0 Å². The van der Waals surface area contributed by atoms with Crippen LogP contribution in [0.4, 0.5) is 18.9 Å². The van der Waals surface area contributed by atoms with E-state index >= 15 is 0 Å². The van der Waals surface area contributed by atoms with E-state index in [-0.39, 0.29) is 12.4 Å². The quantitative estimate of drug-likeness (QED) is 0.285. The van der Waals surface area contributed by atoms with Gasteiger partial charge in [-0.2, -0.15) is 17.7 Å². The summed E-state index contributed by atoms with van der Waals surface area (Å²) in [6.07, 6.45) is 3.13. The monoisotopic (exact) mass is 494 g/mol. The van der Waals surface area contributed by atoms with Crippen molar-refractivity contribution in [3.8, 4) is 0 Å². The highest BCUT2D eigenvalue weighted by molar-refractivity contribution is 6.25. The van der Waals surface area contributed by atoms with Crippen LogP contribution >= 0.6 is 0 Å². The standard InChI is InChI=1S/C29H25F3N2.ClH/c1-2-3-8-17-34-19-25(23-10-5-7-12-27(23)34)28(20-13-15-21(16-14-20)29(30,31)32)24-18-33-26-11-6-4-9-22(24)26;/h4-7,9-16,18-19H,2-3,8,17H2,1H3;1H. The Morgan fingerprint density at radius 3 is 2.34 bits per heavy atom. The normalized spacial score (nSPS) is 14.5. The first-order valence-corrected chi connectivity index (χ1v) is 11.7. The van der Waals surface area contributed by atoms with E-state index in [1.807, 2.05) is 42.6 Å². The van der Waals surface area contributed by atoms with E-state index in [1.54, 1.807) is 12.1 Å². The fourth-order valence-corrected chi connectivity index (χ4v) is 4.72. The molecule has 3 aromatic carbocycles. The van der Waals surface area contributed by atoms with Crippen molar-refractivity contribution in [3.63, 3.8) is 0 Å². The van der Waals surface area contributed by atoms with Gasteiger partial charge in [0.05, 0.1) is 16.7 Å². The van der Waals surface area contributed by atoms with Crippen LogP contribution < -0.4 is 12.4 Å². The highest BCUT2D eigenvalue weighted by Gasteiger charge is 2.32. The lowest BCUT2D eigenvalue weighted by molar-refractivity contribution is -0.432. The van der Waals surface area contributed by atoms with E-state index < -0.39 is 11.7 Å². The average Bonchev–Trinajstić information content (AvgIpc) is 3.42. The highest BCUT2D eigenvalue weighted by Crippen LogP contribution is 2.41. The van der Waals surface area contributed by atoms with Crippen LogP contribution in [0.15, 0.2) is 79.0 Å². The number of alkyl halides is 3. The van der Waals surface area contributed by atoms with E-state index in [1.165, 1.54) is 12.1 Å². The zero-order valence-corrected chi connectivity index (χ0v) is 20.1. The largest absolute Gasteiger partial charge is 1.00 e. The number of hydrogen-bond donors (Lipinski definition) is 1. The van der Waals surface area contributed by atoms with Crippen molar-refractivity contribution < 1.29 is 30.2 Å². The van der Waals surface area contributed by atoms with Gasteiger partial charge in [0.25, 0.3) is 0 Å². The zero-order valence-electron chi connectivity index (χ0n) is 19.4. The number of aromatic amines is 1. The summed E-state index contributed by atoms with van der Waals surface area (Å²) in [4.78, 5) is 3.33. The number of allylic oxidation sites excluding steroid dienone is 1. The molecule has 0 bridgehead atoms. The summed E-state index contributed by atoms with van der Waals surface area (Å²) in [6.45, 7) is 3.09. The maximum Gasteiger partial charge on any atom is 0.416 e. The minimum atomic E-state index is -4.37. The van der Waals surface area contributed by atoms with Gasteiger partial charge in [0.2, 0.25) is 5.69 Å². The second-order valence-electron chi connectivity index (χ2n) is 8.66. The molecule has 35 heavy (non-hydrogen) atoms. The Morgan fingerprint density at radius 1 is 0.886 bits per heavy atom. The van der Waals surface area contributed by atoms with Gasteiger partial charge >= 0.3 is 6.18 Å². The molecule has 2 heterocycles. The van der Waals surface area contributed by atoms with E-state index in [0.717, 1.165) is 70.2 Å². The van der Waals surface area contributed by atoms with Crippen molar-refractivity contribution in [1.29, 1.82) is 0 Å². The van der Waals surface area contributed by atoms with Gasteiger partial charge in [0, 0.05) is 40.7 Å². The van der Waals surface area contributed by atoms with Gasteiger partial charge in [0.1, 0.15) is 6.54 Å². The predicted octanol–water partition coefficient (Wildman–Crippen LogP) is 5.07. The van der Waals surface area contributed by atoms with Gasteiger partial charge in [-0.3, -0.25) is 0 Å². The summed E-state index contributed by atoms with van der Waals surface area (Å²) < 4.78 is 42.1. The third-order valence-corrected chi connectivity index (χ3v) is 6.42. The molecule has 0 aliphatic carbocycles. The average molecular weight is 495 g/mol. The molecule has 0 unspecified atom stereocenters. The Morgan fingerprint density at radius 2 is 1.60 bits per heavy atom. The molecule has 0 amide bonds. The molecular formula is C29H26ClF3N2. The Hall–Kier alpha value is -3.31. The van der Waals surface area contributed by atoms with E-state index in [0.29, 0.717) is 0 Å². The Labute approximate surface area is 209 Å². The van der Waals surface area contributed by atoms with Gasteiger partial charge in [0.15, 0.2) is 6.21 Å². The van der Waals surface area contributed by atoms with E-state index in [2.05, 4.69) is 34.8 Å². The highest BCUT2D eigenvalue weighted by atomic mass is 35.5. The van der Waals surface area contributed by atoms with E-state index in [4.69, 9.17) is 0 Å². The lowest BCUT2D eigenvalue weighted by Crippen LogP contribution is -3.00. The van der Waals surface area contributed by atoms with Crippen LogP contribution in [0.5, 0.6) is 0 Å².